The summed E-state index contributed by atoms with van der Waals surface area (Å²) in [4.78, 5) is 0. The van der Waals surface area contributed by atoms with E-state index >= 15 is 0 Å². The zero-order valence-corrected chi connectivity index (χ0v) is 17.6. The molecule has 18 heteroatoms. The summed E-state index contributed by atoms with van der Waals surface area (Å²) < 4.78 is 190. The summed E-state index contributed by atoms with van der Waals surface area (Å²) in [5.74, 6) is -32.6. The van der Waals surface area contributed by atoms with E-state index in [0.717, 1.165) is 0 Å². The molecule has 196 valence electrons. The molecule has 0 aromatic rings. The summed E-state index contributed by atoms with van der Waals surface area (Å²) in [6.45, 7) is 14.2. The molecule has 0 N–H and O–H groups in total. The minimum absolute atomic E-state index is 1.28. The lowest BCUT2D eigenvalue weighted by atomic mass is 9.98. The van der Waals surface area contributed by atoms with Gasteiger partial charge in [-0.3, -0.25) is 0 Å². The molecule has 0 saturated heterocycles. The van der Waals surface area contributed by atoms with Crippen molar-refractivity contribution < 1.29 is 74.5 Å². The maximum absolute atomic E-state index is 12.7. The number of nitrogens with zero attached hydrogens (tertiary/aromatic N) is 1. The van der Waals surface area contributed by atoms with Crippen LogP contribution in [-0.4, -0.2) is 78.8 Å². The zero-order valence-electron chi connectivity index (χ0n) is 16.8. The second kappa shape index (κ2) is 9.68. The van der Waals surface area contributed by atoms with Crippen molar-refractivity contribution in [1.82, 2.24) is 0 Å². The van der Waals surface area contributed by atoms with E-state index in [2.05, 4.69) is 27.7 Å². The van der Waals surface area contributed by atoms with Crippen molar-refractivity contribution in [3.63, 3.8) is 0 Å². The first-order chi connectivity index (χ1) is 13.7. The molecule has 0 fully saturated rings. The molecule has 0 aliphatic heterocycles. The Labute approximate surface area is 174 Å². The maximum Gasteiger partial charge on any atom is 0.460 e. The summed E-state index contributed by atoms with van der Waals surface area (Å²) >= 11 is 0. The van der Waals surface area contributed by atoms with E-state index in [-0.39, 0.29) is 0 Å². The van der Waals surface area contributed by atoms with E-state index in [4.69, 9.17) is 0 Å². The third-order valence-corrected chi connectivity index (χ3v) is 5.79. The highest BCUT2D eigenvalue weighted by molar-refractivity contribution is 7.86. The fourth-order valence-corrected chi connectivity index (χ4v) is 2.70. The number of halogens is 13. The first kappa shape index (κ1) is 33.1. The topological polar surface area (TPSA) is 57.2 Å². The second-order valence-electron chi connectivity index (χ2n) is 6.37. The first-order valence-corrected chi connectivity index (χ1v) is 9.91. The lowest BCUT2D eigenvalue weighted by molar-refractivity contribution is -0.921. The molecule has 0 aliphatic carbocycles. The van der Waals surface area contributed by atoms with Gasteiger partial charge in [0.25, 0.3) is 0 Å². The van der Waals surface area contributed by atoms with Gasteiger partial charge in [-0.15, -0.1) is 0 Å². The van der Waals surface area contributed by atoms with Crippen LogP contribution >= 0.6 is 0 Å². The Morgan fingerprint density at radius 3 is 0.969 bits per heavy atom. The van der Waals surface area contributed by atoms with Crippen LogP contribution in [0.25, 0.3) is 0 Å². The van der Waals surface area contributed by atoms with Crippen LogP contribution in [0.1, 0.15) is 27.7 Å². The van der Waals surface area contributed by atoms with E-state index in [0.29, 0.717) is 0 Å². The Morgan fingerprint density at radius 2 is 0.812 bits per heavy atom. The molecule has 0 unspecified atom stereocenters. The van der Waals surface area contributed by atoms with Crippen LogP contribution < -0.4 is 0 Å². The van der Waals surface area contributed by atoms with Crippen molar-refractivity contribution in [3.8, 4) is 0 Å². The predicted octanol–water partition coefficient (Wildman–Crippen LogP) is 5.11. The number of hydrogen-bond donors (Lipinski definition) is 0. The smallest absolute Gasteiger partial charge is 0.460 e. The molecular formula is C14H20F13NO3S. The molecule has 0 aromatic heterocycles. The lowest BCUT2D eigenvalue weighted by Gasteiger charge is -2.39. The largest absolute Gasteiger partial charge is 0.743 e. The van der Waals surface area contributed by atoms with E-state index in [9.17, 15) is 70.0 Å². The van der Waals surface area contributed by atoms with Gasteiger partial charge in [0.2, 0.25) is 0 Å². The predicted molar refractivity (Wildman–Crippen MR) is 82.9 cm³/mol. The van der Waals surface area contributed by atoms with Crippen molar-refractivity contribution in [2.75, 3.05) is 26.2 Å². The third-order valence-electron chi connectivity index (χ3n) is 4.90. The number of rotatable bonds is 9. The minimum atomic E-state index is -8.29. The second-order valence-corrected chi connectivity index (χ2v) is 7.79. The molecule has 0 radical (unpaired) electrons. The molecule has 0 bridgehead atoms. The molecule has 0 aliphatic rings. The Kier molecular flexibility index (Phi) is 10.0. The summed E-state index contributed by atoms with van der Waals surface area (Å²) in [6.07, 6.45) is -7.61. The zero-order chi connectivity index (χ0) is 26.8. The molecule has 4 nitrogen and oxygen atoms in total. The highest BCUT2D eigenvalue weighted by atomic mass is 32.2. The third kappa shape index (κ3) is 5.37. The van der Waals surface area contributed by atoms with Crippen molar-refractivity contribution in [3.05, 3.63) is 0 Å². The molecule has 0 aromatic carbocycles. The fourth-order valence-electron chi connectivity index (χ4n) is 2.25. The molecule has 32 heavy (non-hydrogen) atoms. The summed E-state index contributed by atoms with van der Waals surface area (Å²) in [5, 5.41) is -7.63. The van der Waals surface area contributed by atoms with Gasteiger partial charge in [-0.1, -0.05) is 0 Å². The molecule has 0 amide bonds. The minimum Gasteiger partial charge on any atom is -0.743 e. The van der Waals surface area contributed by atoms with E-state index < -0.39 is 45.2 Å². The molecule has 0 rings (SSSR count). The lowest BCUT2D eigenvalue weighted by Crippen LogP contribution is -2.71. The average Bonchev–Trinajstić information content (AvgIpc) is 2.62. The molecule has 0 heterocycles. The Bertz CT molecular complexity index is 698. The molecule has 0 atom stereocenters. The van der Waals surface area contributed by atoms with Gasteiger partial charge in [-0.05, 0) is 27.7 Å². The average molecular weight is 529 g/mol. The highest BCUT2D eigenvalue weighted by Gasteiger charge is 2.91. The summed E-state index contributed by atoms with van der Waals surface area (Å²) in [5.41, 5.74) is 0. The number of quaternary nitrogens is 1. The first-order valence-electron chi connectivity index (χ1n) is 8.50. The van der Waals surface area contributed by atoms with Crippen molar-refractivity contribution in [1.29, 1.82) is 0 Å². The van der Waals surface area contributed by atoms with E-state index in [1.54, 1.807) is 0 Å². The van der Waals surface area contributed by atoms with Crippen molar-refractivity contribution in [2.24, 2.45) is 0 Å². The van der Waals surface area contributed by atoms with Crippen LogP contribution in [0.4, 0.5) is 57.1 Å². The standard InChI is InChI=1S/C8H20N.C6HF13O3S/c1-5-9(6-2,7-3)8-4;7-1(8,3(11,12)5(15,16)17)2(9,10)4(13,14)6(18,19)23(20,21)22/h5-8H2,1-4H3;(H,20,21,22)/q+1;/p-1. The van der Waals surface area contributed by atoms with Crippen LogP contribution in [0.15, 0.2) is 0 Å². The number of hydrogen-bond acceptors (Lipinski definition) is 3. The monoisotopic (exact) mass is 529 g/mol. The fraction of sp³-hybridized carbons (Fsp3) is 1.00. The van der Waals surface area contributed by atoms with Crippen LogP contribution in [0, 0.1) is 0 Å². The molecule has 0 spiro atoms. The van der Waals surface area contributed by atoms with Gasteiger partial charge in [0.1, 0.15) is 0 Å². The van der Waals surface area contributed by atoms with Crippen LogP contribution in [0.3, 0.4) is 0 Å². The summed E-state index contributed by atoms with van der Waals surface area (Å²) in [6, 6.07) is 0. The SMILES string of the molecule is CC[N+](CC)(CC)CC.O=S(=O)([O-])C(F)(F)C(F)(F)C(F)(F)C(F)(F)C(F)(F)C(F)(F)F. The molecular weight excluding hydrogens is 509 g/mol. The van der Waals surface area contributed by atoms with Crippen LogP contribution in [0.5, 0.6) is 0 Å². The van der Waals surface area contributed by atoms with Crippen molar-refractivity contribution in [2.45, 2.75) is 62.8 Å². The van der Waals surface area contributed by atoms with Crippen molar-refractivity contribution >= 4 is 10.1 Å². The van der Waals surface area contributed by atoms with E-state index in [1.807, 2.05) is 0 Å². The molecule has 0 saturated carbocycles. The number of alkyl halides is 13. The highest BCUT2D eigenvalue weighted by Crippen LogP contribution is 2.60. The summed E-state index contributed by atoms with van der Waals surface area (Å²) in [7, 11) is -7.86. The Balaban J connectivity index is 0. The van der Waals surface area contributed by atoms with Gasteiger partial charge in [0.15, 0.2) is 10.1 Å². The Hall–Kier alpha value is -1.04. The van der Waals surface area contributed by atoms with Gasteiger partial charge in [0.05, 0.1) is 26.2 Å². The van der Waals surface area contributed by atoms with Gasteiger partial charge in [-0.2, -0.15) is 57.1 Å². The van der Waals surface area contributed by atoms with Crippen LogP contribution in [-0.2, 0) is 10.1 Å². The van der Waals surface area contributed by atoms with E-state index in [1.165, 1.54) is 30.7 Å². The Morgan fingerprint density at radius 1 is 0.562 bits per heavy atom. The maximum atomic E-state index is 12.7. The van der Waals surface area contributed by atoms with Gasteiger partial charge >= 0.3 is 35.1 Å². The van der Waals surface area contributed by atoms with Gasteiger partial charge in [-0.25, -0.2) is 8.42 Å². The quantitative estimate of drug-likeness (QED) is 0.237. The van der Waals surface area contributed by atoms with Crippen LogP contribution in [0.2, 0.25) is 0 Å². The van der Waals surface area contributed by atoms with Gasteiger partial charge in [0, 0.05) is 0 Å². The van der Waals surface area contributed by atoms with Gasteiger partial charge < -0.3 is 9.04 Å². The normalized spacial score (nSPS) is 15.3.